The van der Waals surface area contributed by atoms with Crippen LogP contribution in [0.5, 0.6) is 0 Å². The van der Waals surface area contributed by atoms with Gasteiger partial charge in [-0.15, -0.1) is 0 Å². The van der Waals surface area contributed by atoms with Crippen molar-refractivity contribution >= 4 is 11.9 Å². The molecule has 0 aromatic carbocycles. The summed E-state index contributed by atoms with van der Waals surface area (Å²) >= 11 is 0. The molecule has 5 nitrogen and oxygen atoms in total. The minimum absolute atomic E-state index is 0.0184. The number of carbonyl (C=O) groups excluding carboxylic acids is 1. The fourth-order valence-electron chi connectivity index (χ4n) is 2.98. The third-order valence-electron chi connectivity index (χ3n) is 4.75. The number of carboxylic acids is 1. The van der Waals surface area contributed by atoms with Gasteiger partial charge in [0.1, 0.15) is 5.41 Å². The summed E-state index contributed by atoms with van der Waals surface area (Å²) < 4.78 is 5.26. The van der Waals surface area contributed by atoms with Gasteiger partial charge in [0.15, 0.2) is 0 Å². The van der Waals surface area contributed by atoms with Gasteiger partial charge in [-0.1, -0.05) is 26.2 Å². The average Bonchev–Trinajstić information content (AvgIpc) is 2.73. The summed E-state index contributed by atoms with van der Waals surface area (Å²) in [6, 6.07) is -0.434. The molecule has 2 atom stereocenters. The summed E-state index contributed by atoms with van der Waals surface area (Å²) in [6.45, 7) is 4.06. The first-order valence-corrected chi connectivity index (χ1v) is 7.01. The normalized spacial score (nSPS) is 33.9. The number of carboxylic acid groups (broad SMARTS) is 1. The van der Waals surface area contributed by atoms with Crippen molar-refractivity contribution in [1.82, 2.24) is 5.32 Å². The number of rotatable bonds is 3. The zero-order valence-electron chi connectivity index (χ0n) is 11.7. The molecule has 2 rings (SSSR count). The van der Waals surface area contributed by atoms with Gasteiger partial charge < -0.3 is 15.2 Å². The largest absolute Gasteiger partial charge is 0.481 e. The van der Waals surface area contributed by atoms with Crippen molar-refractivity contribution in [2.45, 2.75) is 52.0 Å². The molecule has 2 N–H and O–H groups in total. The van der Waals surface area contributed by atoms with E-state index in [-0.39, 0.29) is 24.5 Å². The average molecular weight is 269 g/mol. The molecule has 5 heteroatoms. The molecule has 1 saturated carbocycles. The Morgan fingerprint density at radius 2 is 1.84 bits per heavy atom. The van der Waals surface area contributed by atoms with Crippen LogP contribution < -0.4 is 5.32 Å². The first kappa shape index (κ1) is 14.3. The predicted molar refractivity (Wildman–Crippen MR) is 69.7 cm³/mol. The molecular weight excluding hydrogens is 246 g/mol. The van der Waals surface area contributed by atoms with E-state index in [0.717, 1.165) is 25.7 Å². The minimum atomic E-state index is -1.01. The van der Waals surface area contributed by atoms with E-state index in [4.69, 9.17) is 4.74 Å². The molecule has 2 fully saturated rings. The summed E-state index contributed by atoms with van der Waals surface area (Å²) in [5.74, 6) is -0.931. The molecule has 0 spiro atoms. The maximum atomic E-state index is 12.4. The number of nitrogens with one attached hydrogen (secondary N) is 1. The lowest BCUT2D eigenvalue weighted by atomic mass is 9.74. The first-order chi connectivity index (χ1) is 8.88. The molecular formula is C14H23NO4. The zero-order chi connectivity index (χ0) is 14.1. The van der Waals surface area contributed by atoms with Crippen LogP contribution in [0.1, 0.15) is 46.0 Å². The number of aliphatic carboxylic acids is 1. The van der Waals surface area contributed by atoms with Gasteiger partial charge in [0.25, 0.3) is 0 Å². The van der Waals surface area contributed by atoms with Crippen molar-refractivity contribution in [3.05, 3.63) is 0 Å². The molecule has 1 amide bonds. The number of hydrogen-bond donors (Lipinski definition) is 2. The predicted octanol–water partition coefficient (Wildman–Crippen LogP) is 1.56. The topological polar surface area (TPSA) is 75.6 Å². The van der Waals surface area contributed by atoms with Crippen LogP contribution in [0, 0.1) is 10.8 Å². The molecule has 2 unspecified atom stereocenters. The van der Waals surface area contributed by atoms with Crippen LogP contribution in [0.2, 0.25) is 0 Å². The van der Waals surface area contributed by atoms with Crippen LogP contribution in [0.4, 0.5) is 0 Å². The van der Waals surface area contributed by atoms with Gasteiger partial charge in [0, 0.05) is 5.41 Å². The molecule has 0 bridgehead atoms. The van der Waals surface area contributed by atoms with Crippen LogP contribution in [0.25, 0.3) is 0 Å². The minimum Gasteiger partial charge on any atom is -0.481 e. The quantitative estimate of drug-likeness (QED) is 0.815. The Morgan fingerprint density at radius 1 is 1.21 bits per heavy atom. The molecule has 1 saturated heterocycles. The van der Waals surface area contributed by atoms with Crippen LogP contribution in [-0.2, 0) is 14.3 Å². The van der Waals surface area contributed by atoms with E-state index in [0.29, 0.717) is 0 Å². The van der Waals surface area contributed by atoms with Crippen molar-refractivity contribution in [3.8, 4) is 0 Å². The van der Waals surface area contributed by atoms with Gasteiger partial charge in [0.05, 0.1) is 19.3 Å². The lowest BCUT2D eigenvalue weighted by Gasteiger charge is -2.35. The van der Waals surface area contributed by atoms with E-state index in [9.17, 15) is 14.7 Å². The summed E-state index contributed by atoms with van der Waals surface area (Å²) in [7, 11) is 0. The fourth-order valence-corrected chi connectivity index (χ4v) is 2.98. The van der Waals surface area contributed by atoms with E-state index < -0.39 is 17.4 Å². The maximum absolute atomic E-state index is 12.4. The Hall–Kier alpha value is -1.10. The van der Waals surface area contributed by atoms with E-state index in [2.05, 4.69) is 5.32 Å². The summed E-state index contributed by atoms with van der Waals surface area (Å²) in [4.78, 5) is 23.8. The van der Waals surface area contributed by atoms with Gasteiger partial charge in [0.2, 0.25) is 5.91 Å². The van der Waals surface area contributed by atoms with Crippen molar-refractivity contribution < 1.29 is 19.4 Å². The Bertz CT molecular complexity index is 376. The summed E-state index contributed by atoms with van der Waals surface area (Å²) in [6.07, 6.45) is 5.09. The Morgan fingerprint density at radius 3 is 2.42 bits per heavy atom. The number of carbonyl (C=O) groups is 2. The Balaban J connectivity index is 2.04. The molecule has 2 aliphatic rings. The standard InChI is InChI=1S/C14H23NO4/c1-13(6-4-3-5-7-13)11(16)15-10-8-19-9-14(10,2)12(17)18/h10H,3-9H2,1-2H3,(H,15,16)(H,17,18). The number of ether oxygens (including phenoxy) is 1. The van der Waals surface area contributed by atoms with Gasteiger partial charge in [-0.25, -0.2) is 0 Å². The van der Waals surface area contributed by atoms with E-state index in [1.54, 1.807) is 6.92 Å². The lowest BCUT2D eigenvalue weighted by molar-refractivity contribution is -0.149. The van der Waals surface area contributed by atoms with Crippen molar-refractivity contribution in [3.63, 3.8) is 0 Å². The monoisotopic (exact) mass is 269 g/mol. The molecule has 19 heavy (non-hydrogen) atoms. The van der Waals surface area contributed by atoms with Crippen LogP contribution in [0.3, 0.4) is 0 Å². The second-order valence-corrected chi connectivity index (χ2v) is 6.39. The number of amides is 1. The molecule has 0 radical (unpaired) electrons. The smallest absolute Gasteiger partial charge is 0.313 e. The second kappa shape index (κ2) is 5.12. The highest BCUT2D eigenvalue weighted by Gasteiger charge is 2.48. The number of hydrogen-bond acceptors (Lipinski definition) is 3. The van der Waals surface area contributed by atoms with Crippen LogP contribution >= 0.6 is 0 Å². The molecule has 0 aromatic heterocycles. The summed E-state index contributed by atoms with van der Waals surface area (Å²) in [5, 5.41) is 12.2. The second-order valence-electron chi connectivity index (χ2n) is 6.39. The molecule has 1 aliphatic carbocycles. The molecule has 1 aliphatic heterocycles. The van der Waals surface area contributed by atoms with Crippen LogP contribution in [0.15, 0.2) is 0 Å². The Labute approximate surface area is 113 Å². The highest BCUT2D eigenvalue weighted by molar-refractivity contribution is 5.84. The molecule has 1 heterocycles. The Kier molecular flexibility index (Phi) is 3.85. The highest BCUT2D eigenvalue weighted by atomic mass is 16.5. The summed E-state index contributed by atoms with van der Waals surface area (Å²) in [5.41, 5.74) is -1.36. The van der Waals surface area contributed by atoms with Gasteiger partial charge in [-0.3, -0.25) is 9.59 Å². The van der Waals surface area contributed by atoms with Gasteiger partial charge >= 0.3 is 5.97 Å². The van der Waals surface area contributed by atoms with E-state index >= 15 is 0 Å². The maximum Gasteiger partial charge on any atom is 0.313 e. The third-order valence-corrected chi connectivity index (χ3v) is 4.75. The lowest BCUT2D eigenvalue weighted by Crippen LogP contribution is -2.53. The van der Waals surface area contributed by atoms with Gasteiger partial charge in [-0.2, -0.15) is 0 Å². The first-order valence-electron chi connectivity index (χ1n) is 7.01. The fraction of sp³-hybridized carbons (Fsp3) is 0.857. The molecule has 0 aromatic rings. The highest BCUT2D eigenvalue weighted by Crippen LogP contribution is 2.37. The SMILES string of the molecule is CC1(C(=O)NC2COCC2(C)C(=O)O)CCCCC1. The van der Waals surface area contributed by atoms with E-state index in [1.165, 1.54) is 6.42 Å². The molecule has 108 valence electrons. The van der Waals surface area contributed by atoms with E-state index in [1.807, 2.05) is 6.92 Å². The van der Waals surface area contributed by atoms with Gasteiger partial charge in [-0.05, 0) is 19.8 Å². The van der Waals surface area contributed by atoms with Crippen molar-refractivity contribution in [2.75, 3.05) is 13.2 Å². The van der Waals surface area contributed by atoms with Crippen LogP contribution in [-0.4, -0.2) is 36.2 Å². The van der Waals surface area contributed by atoms with Crippen molar-refractivity contribution in [2.24, 2.45) is 10.8 Å². The third kappa shape index (κ3) is 2.61. The zero-order valence-corrected chi connectivity index (χ0v) is 11.7. The van der Waals surface area contributed by atoms with Crippen molar-refractivity contribution in [1.29, 1.82) is 0 Å².